The van der Waals surface area contributed by atoms with E-state index >= 15 is 0 Å². The van der Waals surface area contributed by atoms with Gasteiger partial charge in [0.05, 0.1) is 13.3 Å². The Kier molecular flexibility index (Phi) is 2.05. The number of aromatic nitrogens is 4. The van der Waals surface area contributed by atoms with Gasteiger partial charge in [0.15, 0.2) is 10.8 Å². The highest BCUT2D eigenvalue weighted by molar-refractivity contribution is 7.98. The Bertz CT molecular complexity index is 425. The molecule has 2 heterocycles. The number of fused-ring (bicyclic) bond motifs is 1. The monoisotopic (exact) mass is 196 g/mol. The summed E-state index contributed by atoms with van der Waals surface area (Å²) in [6.07, 6.45) is 3.61. The zero-order chi connectivity index (χ0) is 9.26. The molecule has 0 bridgehead atoms. The second-order valence-electron chi connectivity index (χ2n) is 2.34. The second-order valence-corrected chi connectivity index (χ2v) is 3.14. The van der Waals surface area contributed by atoms with Gasteiger partial charge in [-0.05, 0) is 6.26 Å². The fourth-order valence-corrected chi connectivity index (χ4v) is 1.35. The third-order valence-corrected chi connectivity index (χ3v) is 2.15. The molecule has 1 N–H and O–H groups in total. The molecule has 0 saturated carbocycles. The Morgan fingerprint density at radius 3 is 3.00 bits per heavy atom. The van der Waals surface area contributed by atoms with Crippen molar-refractivity contribution in [1.29, 1.82) is 0 Å². The molecule has 0 spiro atoms. The Balaban J connectivity index is 2.57. The smallest absolute Gasteiger partial charge is 0.318 e. The minimum absolute atomic E-state index is 0.339. The van der Waals surface area contributed by atoms with Gasteiger partial charge in [-0.25, -0.2) is 9.97 Å². The van der Waals surface area contributed by atoms with E-state index in [4.69, 9.17) is 4.74 Å². The molecule has 13 heavy (non-hydrogen) atoms. The molecule has 0 aliphatic carbocycles. The minimum atomic E-state index is 0.339. The Hall–Kier alpha value is -1.30. The van der Waals surface area contributed by atoms with Crippen molar-refractivity contribution in [2.24, 2.45) is 0 Å². The Morgan fingerprint density at radius 2 is 2.31 bits per heavy atom. The van der Waals surface area contributed by atoms with Crippen molar-refractivity contribution in [3.63, 3.8) is 0 Å². The van der Waals surface area contributed by atoms with Crippen LogP contribution in [0.1, 0.15) is 0 Å². The molecule has 0 saturated heterocycles. The number of aromatic amines is 1. The average molecular weight is 196 g/mol. The summed E-state index contributed by atoms with van der Waals surface area (Å²) in [6, 6.07) is 0.339. The first-order valence-electron chi connectivity index (χ1n) is 3.64. The number of thioether (sulfide) groups is 1. The Labute approximate surface area is 78.9 Å². The van der Waals surface area contributed by atoms with Crippen LogP contribution in [0.3, 0.4) is 0 Å². The zero-order valence-corrected chi connectivity index (χ0v) is 8.05. The molecule has 0 unspecified atom stereocenters. The largest absolute Gasteiger partial charge is 0.467 e. The molecule has 68 valence electrons. The van der Waals surface area contributed by atoms with E-state index in [-0.39, 0.29) is 0 Å². The Morgan fingerprint density at radius 1 is 1.46 bits per heavy atom. The number of rotatable bonds is 2. The number of imidazole rings is 1. The summed E-state index contributed by atoms with van der Waals surface area (Å²) in [5, 5.41) is 0.831. The van der Waals surface area contributed by atoms with Crippen molar-refractivity contribution in [3.05, 3.63) is 6.20 Å². The van der Waals surface area contributed by atoms with E-state index in [1.54, 1.807) is 6.20 Å². The third-order valence-electron chi connectivity index (χ3n) is 1.57. The molecule has 2 rings (SSSR count). The average Bonchev–Trinajstić information content (AvgIpc) is 2.58. The standard InChI is InChI=1S/C7H8N4OS/c1-12-6-8-3-4-5(10-6)11-7(9-4)13-2/h3H,1-2H3,(H,8,9,10,11). The third kappa shape index (κ3) is 1.44. The van der Waals surface area contributed by atoms with Gasteiger partial charge < -0.3 is 9.72 Å². The lowest BCUT2D eigenvalue weighted by Crippen LogP contribution is -1.90. The van der Waals surface area contributed by atoms with E-state index in [1.165, 1.54) is 18.9 Å². The first-order chi connectivity index (χ1) is 6.33. The predicted molar refractivity (Wildman–Crippen MR) is 50.0 cm³/mol. The molecule has 0 radical (unpaired) electrons. The van der Waals surface area contributed by atoms with Crippen molar-refractivity contribution in [2.45, 2.75) is 5.16 Å². The van der Waals surface area contributed by atoms with Crippen LogP contribution in [-0.2, 0) is 0 Å². The fraction of sp³-hybridized carbons (Fsp3) is 0.286. The maximum absolute atomic E-state index is 4.88. The summed E-state index contributed by atoms with van der Waals surface area (Å²) in [7, 11) is 1.53. The SMILES string of the molecule is COc1ncc2[nH]c(SC)nc2n1. The molecule has 0 atom stereocenters. The molecule has 5 nitrogen and oxygen atoms in total. The van der Waals surface area contributed by atoms with Crippen molar-refractivity contribution in [1.82, 2.24) is 19.9 Å². The summed E-state index contributed by atoms with van der Waals surface area (Å²) >= 11 is 1.53. The van der Waals surface area contributed by atoms with Crippen LogP contribution in [0.25, 0.3) is 11.2 Å². The van der Waals surface area contributed by atoms with Gasteiger partial charge in [-0.3, -0.25) is 0 Å². The van der Waals surface area contributed by atoms with Gasteiger partial charge in [0, 0.05) is 0 Å². The van der Waals surface area contributed by atoms with Crippen molar-refractivity contribution in [2.75, 3.05) is 13.4 Å². The lowest BCUT2D eigenvalue weighted by Gasteiger charge is -1.93. The van der Waals surface area contributed by atoms with E-state index in [9.17, 15) is 0 Å². The molecular weight excluding hydrogens is 188 g/mol. The van der Waals surface area contributed by atoms with Gasteiger partial charge in [-0.15, -0.1) is 0 Å². The topological polar surface area (TPSA) is 63.7 Å². The normalized spacial score (nSPS) is 10.6. The van der Waals surface area contributed by atoms with Gasteiger partial charge >= 0.3 is 6.01 Å². The maximum Gasteiger partial charge on any atom is 0.318 e. The molecule has 6 heteroatoms. The highest BCUT2D eigenvalue weighted by Crippen LogP contribution is 2.16. The predicted octanol–water partition coefficient (Wildman–Crippen LogP) is 1.08. The second kappa shape index (κ2) is 3.21. The number of hydrogen-bond donors (Lipinski definition) is 1. The molecular formula is C7H8N4OS. The van der Waals surface area contributed by atoms with Crippen LogP contribution in [0.5, 0.6) is 6.01 Å². The first kappa shape index (κ1) is 8.31. The molecule has 2 aromatic rings. The van der Waals surface area contributed by atoms with Crippen LogP contribution in [0.15, 0.2) is 11.4 Å². The molecule has 0 aromatic carbocycles. The fourth-order valence-electron chi connectivity index (χ4n) is 0.965. The van der Waals surface area contributed by atoms with E-state index < -0.39 is 0 Å². The first-order valence-corrected chi connectivity index (χ1v) is 4.86. The molecule has 0 amide bonds. The van der Waals surface area contributed by atoms with Crippen LogP contribution in [0.2, 0.25) is 0 Å². The summed E-state index contributed by atoms with van der Waals surface area (Å²) in [4.78, 5) is 15.3. The van der Waals surface area contributed by atoms with Gasteiger partial charge in [0.2, 0.25) is 0 Å². The van der Waals surface area contributed by atoms with Crippen LogP contribution in [0, 0.1) is 0 Å². The number of nitrogens with zero attached hydrogens (tertiary/aromatic N) is 3. The minimum Gasteiger partial charge on any atom is -0.467 e. The van der Waals surface area contributed by atoms with E-state index in [0.717, 1.165) is 10.7 Å². The summed E-state index contributed by atoms with van der Waals surface area (Å²) in [5.41, 5.74) is 1.46. The van der Waals surface area contributed by atoms with Gasteiger partial charge in [-0.1, -0.05) is 11.8 Å². The summed E-state index contributed by atoms with van der Waals surface area (Å²) < 4.78 is 4.88. The summed E-state index contributed by atoms with van der Waals surface area (Å²) in [5.74, 6) is 0. The van der Waals surface area contributed by atoms with E-state index in [1.807, 2.05) is 6.26 Å². The van der Waals surface area contributed by atoms with Crippen LogP contribution < -0.4 is 4.74 Å². The van der Waals surface area contributed by atoms with Crippen LogP contribution in [-0.4, -0.2) is 33.3 Å². The molecule has 2 aromatic heterocycles. The van der Waals surface area contributed by atoms with Crippen molar-refractivity contribution in [3.8, 4) is 6.01 Å². The molecule has 0 fully saturated rings. The summed E-state index contributed by atoms with van der Waals surface area (Å²) in [6.45, 7) is 0. The van der Waals surface area contributed by atoms with Crippen molar-refractivity contribution < 1.29 is 4.74 Å². The number of H-pyrrole nitrogens is 1. The highest BCUT2D eigenvalue weighted by Gasteiger charge is 2.04. The number of hydrogen-bond acceptors (Lipinski definition) is 5. The zero-order valence-electron chi connectivity index (χ0n) is 7.24. The van der Waals surface area contributed by atoms with Crippen LogP contribution >= 0.6 is 11.8 Å². The van der Waals surface area contributed by atoms with E-state index in [2.05, 4.69) is 19.9 Å². The highest BCUT2D eigenvalue weighted by atomic mass is 32.2. The lowest BCUT2D eigenvalue weighted by molar-refractivity contribution is 0.381. The number of nitrogens with one attached hydrogen (secondary N) is 1. The quantitative estimate of drug-likeness (QED) is 0.728. The van der Waals surface area contributed by atoms with E-state index in [0.29, 0.717) is 11.7 Å². The molecule has 0 aliphatic heterocycles. The van der Waals surface area contributed by atoms with Gasteiger partial charge in [0.1, 0.15) is 5.52 Å². The van der Waals surface area contributed by atoms with Gasteiger partial charge in [-0.2, -0.15) is 4.98 Å². The van der Waals surface area contributed by atoms with Gasteiger partial charge in [0.25, 0.3) is 0 Å². The number of methoxy groups -OCH3 is 1. The number of ether oxygens (including phenoxy) is 1. The van der Waals surface area contributed by atoms with Crippen molar-refractivity contribution >= 4 is 22.9 Å². The lowest BCUT2D eigenvalue weighted by atomic mass is 10.6. The molecule has 0 aliphatic rings. The maximum atomic E-state index is 4.88. The van der Waals surface area contributed by atoms with Crippen LogP contribution in [0.4, 0.5) is 0 Å².